The van der Waals surface area contributed by atoms with Gasteiger partial charge >= 0.3 is 0 Å². The Kier molecular flexibility index (Phi) is 10.4. The van der Waals surface area contributed by atoms with Crippen LogP contribution in [-0.4, -0.2) is 50.7 Å². The van der Waals surface area contributed by atoms with E-state index in [0.717, 1.165) is 43.1 Å². The molecule has 0 aliphatic rings. The van der Waals surface area contributed by atoms with Crippen molar-refractivity contribution in [1.82, 2.24) is 9.80 Å². The van der Waals surface area contributed by atoms with Crippen LogP contribution in [0.4, 0.5) is 0 Å². The highest BCUT2D eigenvalue weighted by Gasteiger charge is 2.23. The molecule has 0 fully saturated rings. The predicted octanol–water partition coefficient (Wildman–Crippen LogP) is 5.63. The summed E-state index contributed by atoms with van der Waals surface area (Å²) in [6, 6.07) is 15.5. The molecule has 0 radical (unpaired) electrons. The van der Waals surface area contributed by atoms with Gasteiger partial charge in [-0.25, -0.2) is 0 Å². The van der Waals surface area contributed by atoms with Crippen molar-refractivity contribution in [3.05, 3.63) is 59.2 Å². The fourth-order valence-electron chi connectivity index (χ4n) is 4.12. The molecule has 0 amide bonds. The molecule has 0 saturated carbocycles. The van der Waals surface area contributed by atoms with Crippen molar-refractivity contribution in [3.8, 4) is 11.5 Å². The highest BCUT2D eigenvalue weighted by atomic mass is 16.5. The van der Waals surface area contributed by atoms with E-state index in [1.807, 2.05) is 18.2 Å². The highest BCUT2D eigenvalue weighted by molar-refractivity contribution is 5.44. The Balaban J connectivity index is 2.42. The summed E-state index contributed by atoms with van der Waals surface area (Å²) in [5, 5.41) is 0. The standard InChI is InChI=1S/C27H42N2O2/c1-8-22-11-9-12-23(17-22)18-29(24(19-28(4)5)16-15-21(2)3)20-25-26(30-6)13-10-14-27(25)31-7/h9-14,17,21,24H,8,15-16,18-20H2,1-7H3/t24-/m0/s1. The van der Waals surface area contributed by atoms with E-state index in [-0.39, 0.29) is 0 Å². The van der Waals surface area contributed by atoms with Crippen LogP contribution in [-0.2, 0) is 19.5 Å². The minimum absolute atomic E-state index is 0.442. The normalized spacial score (nSPS) is 12.6. The van der Waals surface area contributed by atoms with Crippen molar-refractivity contribution in [3.63, 3.8) is 0 Å². The van der Waals surface area contributed by atoms with Crippen molar-refractivity contribution >= 4 is 0 Å². The third-order valence-electron chi connectivity index (χ3n) is 5.85. The smallest absolute Gasteiger partial charge is 0.127 e. The monoisotopic (exact) mass is 426 g/mol. The molecule has 0 bridgehead atoms. The molecule has 2 rings (SSSR count). The number of rotatable bonds is 13. The van der Waals surface area contributed by atoms with E-state index >= 15 is 0 Å². The number of ether oxygens (including phenoxy) is 2. The Labute approximate surface area is 190 Å². The zero-order valence-corrected chi connectivity index (χ0v) is 20.6. The zero-order valence-electron chi connectivity index (χ0n) is 20.6. The number of likely N-dealkylation sites (N-methyl/N-ethyl adjacent to an activating group) is 1. The summed E-state index contributed by atoms with van der Waals surface area (Å²) >= 11 is 0. The first-order valence-corrected chi connectivity index (χ1v) is 11.5. The van der Waals surface area contributed by atoms with Crippen LogP contribution in [0.3, 0.4) is 0 Å². The summed E-state index contributed by atoms with van der Waals surface area (Å²) in [5.41, 5.74) is 3.87. The summed E-state index contributed by atoms with van der Waals surface area (Å²) in [5.74, 6) is 2.47. The first-order chi connectivity index (χ1) is 14.9. The summed E-state index contributed by atoms with van der Waals surface area (Å²) in [6.07, 6.45) is 3.44. The molecule has 1 atom stereocenters. The molecule has 0 aromatic heterocycles. The Morgan fingerprint density at radius 1 is 0.839 bits per heavy atom. The van der Waals surface area contributed by atoms with Crippen molar-refractivity contribution in [2.24, 2.45) is 5.92 Å². The fourth-order valence-corrected chi connectivity index (χ4v) is 4.12. The lowest BCUT2D eigenvalue weighted by Crippen LogP contribution is -2.41. The molecule has 172 valence electrons. The van der Waals surface area contributed by atoms with Gasteiger partial charge in [0.25, 0.3) is 0 Å². The van der Waals surface area contributed by atoms with Crippen LogP contribution >= 0.6 is 0 Å². The Hall–Kier alpha value is -2.04. The lowest BCUT2D eigenvalue weighted by atomic mass is 9.99. The number of methoxy groups -OCH3 is 2. The quantitative estimate of drug-likeness (QED) is 0.414. The van der Waals surface area contributed by atoms with Crippen LogP contribution in [0, 0.1) is 5.92 Å². The van der Waals surface area contributed by atoms with Gasteiger partial charge in [0.15, 0.2) is 0 Å². The van der Waals surface area contributed by atoms with Crippen molar-refractivity contribution < 1.29 is 9.47 Å². The first kappa shape index (κ1) is 25.2. The summed E-state index contributed by atoms with van der Waals surface area (Å²) < 4.78 is 11.4. The molecule has 0 unspecified atom stereocenters. The van der Waals surface area contributed by atoms with Gasteiger partial charge in [0.05, 0.1) is 19.8 Å². The van der Waals surface area contributed by atoms with Gasteiger partial charge in [-0.2, -0.15) is 0 Å². The van der Waals surface area contributed by atoms with Gasteiger partial charge in [0.2, 0.25) is 0 Å². The maximum Gasteiger partial charge on any atom is 0.127 e. The molecule has 31 heavy (non-hydrogen) atoms. The highest BCUT2D eigenvalue weighted by Crippen LogP contribution is 2.31. The number of hydrogen-bond donors (Lipinski definition) is 0. The lowest BCUT2D eigenvalue weighted by molar-refractivity contribution is 0.130. The molecule has 4 heteroatoms. The summed E-state index contributed by atoms with van der Waals surface area (Å²) in [4.78, 5) is 4.91. The summed E-state index contributed by atoms with van der Waals surface area (Å²) in [7, 11) is 7.82. The van der Waals surface area contributed by atoms with E-state index in [0.29, 0.717) is 12.0 Å². The van der Waals surface area contributed by atoms with Crippen LogP contribution < -0.4 is 9.47 Å². The van der Waals surface area contributed by atoms with Crippen LogP contribution in [0.1, 0.15) is 50.3 Å². The van der Waals surface area contributed by atoms with Crippen molar-refractivity contribution in [2.45, 2.75) is 59.2 Å². The molecule has 0 N–H and O–H groups in total. The largest absolute Gasteiger partial charge is 0.496 e. The van der Waals surface area contributed by atoms with Gasteiger partial charge < -0.3 is 14.4 Å². The van der Waals surface area contributed by atoms with Crippen molar-refractivity contribution in [2.75, 3.05) is 34.9 Å². The lowest BCUT2D eigenvalue weighted by Gasteiger charge is -2.35. The molecule has 0 saturated heterocycles. The van der Waals surface area contributed by atoms with Crippen LogP contribution in [0.15, 0.2) is 42.5 Å². The van der Waals surface area contributed by atoms with Crippen molar-refractivity contribution in [1.29, 1.82) is 0 Å². The van der Waals surface area contributed by atoms with Crippen LogP contribution in [0.25, 0.3) is 0 Å². The minimum Gasteiger partial charge on any atom is -0.496 e. The third kappa shape index (κ3) is 7.86. The van der Waals surface area contributed by atoms with E-state index < -0.39 is 0 Å². The Morgan fingerprint density at radius 2 is 1.45 bits per heavy atom. The molecule has 0 spiro atoms. The number of aryl methyl sites for hydroxylation is 1. The van der Waals surface area contributed by atoms with E-state index in [4.69, 9.17) is 9.47 Å². The van der Waals surface area contributed by atoms with E-state index in [9.17, 15) is 0 Å². The van der Waals surface area contributed by atoms with Gasteiger partial charge in [0, 0.05) is 25.7 Å². The molecule has 0 aliphatic heterocycles. The number of hydrogen-bond acceptors (Lipinski definition) is 4. The van der Waals surface area contributed by atoms with Gasteiger partial charge in [-0.05, 0) is 62.5 Å². The number of nitrogens with zero attached hydrogens (tertiary/aromatic N) is 2. The van der Waals surface area contributed by atoms with E-state index in [1.54, 1.807) is 14.2 Å². The average molecular weight is 427 g/mol. The molecular weight excluding hydrogens is 384 g/mol. The summed E-state index contributed by atoms with van der Waals surface area (Å²) in [6.45, 7) is 9.56. The molecular formula is C27H42N2O2. The van der Waals surface area contributed by atoms with E-state index in [1.165, 1.54) is 24.0 Å². The van der Waals surface area contributed by atoms with Gasteiger partial charge in [0.1, 0.15) is 11.5 Å². The topological polar surface area (TPSA) is 24.9 Å². The second-order valence-electron chi connectivity index (χ2n) is 9.11. The molecule has 4 nitrogen and oxygen atoms in total. The third-order valence-corrected chi connectivity index (χ3v) is 5.85. The van der Waals surface area contributed by atoms with Crippen LogP contribution in [0.5, 0.6) is 11.5 Å². The average Bonchev–Trinajstić information content (AvgIpc) is 2.76. The Bertz CT molecular complexity index is 766. The SMILES string of the molecule is CCc1cccc(CN(Cc2c(OC)cccc2OC)[C@@H](CCC(C)C)CN(C)C)c1. The van der Waals surface area contributed by atoms with E-state index in [2.05, 4.69) is 68.9 Å². The molecule has 0 heterocycles. The van der Waals surface area contributed by atoms with Gasteiger partial charge in [-0.3, -0.25) is 4.90 Å². The maximum atomic E-state index is 5.72. The molecule has 2 aromatic rings. The number of benzene rings is 2. The van der Waals surface area contributed by atoms with Gasteiger partial charge in [-0.15, -0.1) is 0 Å². The second-order valence-corrected chi connectivity index (χ2v) is 9.11. The fraction of sp³-hybridized carbons (Fsp3) is 0.556. The minimum atomic E-state index is 0.442. The van der Waals surface area contributed by atoms with Gasteiger partial charge in [-0.1, -0.05) is 51.1 Å². The molecule has 2 aromatic carbocycles. The first-order valence-electron chi connectivity index (χ1n) is 11.5. The maximum absolute atomic E-state index is 5.72. The second kappa shape index (κ2) is 12.7. The zero-order chi connectivity index (χ0) is 22.8. The Morgan fingerprint density at radius 3 is 2.00 bits per heavy atom. The van der Waals surface area contributed by atoms with Crippen LogP contribution in [0.2, 0.25) is 0 Å². The molecule has 0 aliphatic carbocycles. The predicted molar refractivity (Wildman–Crippen MR) is 131 cm³/mol.